The second-order valence-corrected chi connectivity index (χ2v) is 12.0. The van der Waals surface area contributed by atoms with Gasteiger partial charge in [-0.25, -0.2) is 0 Å². The van der Waals surface area contributed by atoms with Gasteiger partial charge in [0.1, 0.15) is 5.75 Å². The highest BCUT2D eigenvalue weighted by molar-refractivity contribution is 5.80. The molecule has 1 heterocycles. The van der Waals surface area contributed by atoms with Crippen molar-refractivity contribution in [2.45, 2.75) is 83.2 Å². The van der Waals surface area contributed by atoms with Crippen molar-refractivity contribution in [3.8, 4) is 5.75 Å². The van der Waals surface area contributed by atoms with Gasteiger partial charge in [-0.1, -0.05) is 63.2 Å². The number of nitrogens with zero attached hydrogens (tertiary/aromatic N) is 2. The van der Waals surface area contributed by atoms with Crippen LogP contribution in [0.3, 0.4) is 0 Å². The summed E-state index contributed by atoms with van der Waals surface area (Å²) in [6.45, 7) is 7.68. The van der Waals surface area contributed by atoms with E-state index in [0.29, 0.717) is 18.6 Å². The summed E-state index contributed by atoms with van der Waals surface area (Å²) >= 11 is 0. The molecule has 2 atom stereocenters. The second-order valence-electron chi connectivity index (χ2n) is 12.0. The Kier molecular flexibility index (Phi) is 6.38. The van der Waals surface area contributed by atoms with Crippen LogP contribution in [0.15, 0.2) is 48.5 Å². The quantitative estimate of drug-likeness (QED) is 0.652. The highest BCUT2D eigenvalue weighted by Crippen LogP contribution is 2.57. The van der Waals surface area contributed by atoms with Crippen molar-refractivity contribution in [1.82, 2.24) is 9.80 Å². The average Bonchev–Trinajstić information content (AvgIpc) is 2.86. The molecule has 2 aromatic rings. The van der Waals surface area contributed by atoms with Gasteiger partial charge >= 0.3 is 0 Å². The molecule has 2 amide bonds. The number of aromatic hydroxyl groups is 1. The summed E-state index contributed by atoms with van der Waals surface area (Å²) in [5.74, 6) is 0.793. The minimum atomic E-state index is -0.0804. The Bertz CT molecular complexity index is 1140. The maximum Gasteiger partial charge on any atom is 0.226 e. The molecule has 0 spiro atoms. The molecule has 1 N–H and O–H groups in total. The standard InChI is InChI=1S/C31H40N2O3/c1-30(2)27-20-24-25(11-8-12-26(24)34)31(30,3)17-18-33(27)29(36)22-13-15-23(16-14-22)32(4)28(35)19-21-9-6-5-7-10-21/h5-12,22-23,27,34H,13-20H2,1-4H3/t22?,23?,27-,31+/m1/s1. The van der Waals surface area contributed by atoms with Crippen LogP contribution in [-0.2, 0) is 27.8 Å². The molecule has 2 aliphatic carbocycles. The Morgan fingerprint density at radius 1 is 1.00 bits per heavy atom. The van der Waals surface area contributed by atoms with Gasteiger partial charge in [0.05, 0.1) is 6.42 Å². The summed E-state index contributed by atoms with van der Waals surface area (Å²) < 4.78 is 0. The van der Waals surface area contributed by atoms with Crippen LogP contribution in [0.25, 0.3) is 0 Å². The van der Waals surface area contributed by atoms with Crippen molar-refractivity contribution >= 4 is 11.8 Å². The van der Waals surface area contributed by atoms with E-state index < -0.39 is 0 Å². The Balaban J connectivity index is 1.25. The van der Waals surface area contributed by atoms with Crippen LogP contribution in [0.4, 0.5) is 0 Å². The molecule has 5 nitrogen and oxygen atoms in total. The van der Waals surface area contributed by atoms with Gasteiger partial charge < -0.3 is 14.9 Å². The zero-order chi connectivity index (χ0) is 25.7. The number of hydrogen-bond donors (Lipinski definition) is 1. The molecule has 5 rings (SSSR count). The maximum atomic E-state index is 13.9. The molecule has 1 saturated carbocycles. The van der Waals surface area contributed by atoms with Crippen LogP contribution in [0, 0.1) is 11.3 Å². The number of rotatable bonds is 4. The lowest BCUT2D eigenvalue weighted by Crippen LogP contribution is -2.65. The maximum absolute atomic E-state index is 13.9. The van der Waals surface area contributed by atoms with Gasteiger partial charge in [0.2, 0.25) is 11.8 Å². The van der Waals surface area contributed by atoms with E-state index in [4.69, 9.17) is 0 Å². The first-order chi connectivity index (χ1) is 17.1. The van der Waals surface area contributed by atoms with Crippen LogP contribution in [0.5, 0.6) is 5.75 Å². The lowest BCUT2D eigenvalue weighted by molar-refractivity contribution is -0.149. The van der Waals surface area contributed by atoms with Crippen LogP contribution >= 0.6 is 0 Å². The summed E-state index contributed by atoms with van der Waals surface area (Å²) in [6.07, 6.45) is 5.44. The Hall–Kier alpha value is -2.82. The number of amides is 2. The minimum Gasteiger partial charge on any atom is -0.508 e. The third kappa shape index (κ3) is 4.01. The van der Waals surface area contributed by atoms with Crippen molar-refractivity contribution in [2.75, 3.05) is 13.6 Å². The predicted molar refractivity (Wildman–Crippen MR) is 142 cm³/mol. The van der Waals surface area contributed by atoms with Crippen LogP contribution in [0.1, 0.15) is 69.6 Å². The molecule has 192 valence electrons. The molecule has 0 aromatic heterocycles. The third-order valence-corrected chi connectivity index (χ3v) is 10.1. The van der Waals surface area contributed by atoms with Gasteiger partial charge in [-0.15, -0.1) is 0 Å². The van der Waals surface area contributed by atoms with Crippen LogP contribution in [-0.4, -0.2) is 52.4 Å². The first-order valence-corrected chi connectivity index (χ1v) is 13.5. The van der Waals surface area contributed by atoms with Gasteiger partial charge in [-0.2, -0.15) is 0 Å². The van der Waals surface area contributed by atoms with E-state index in [1.54, 1.807) is 6.07 Å². The summed E-state index contributed by atoms with van der Waals surface area (Å²) in [5, 5.41) is 10.7. The largest absolute Gasteiger partial charge is 0.508 e. The van der Waals surface area contributed by atoms with E-state index in [1.165, 1.54) is 5.56 Å². The molecule has 5 heteroatoms. The lowest BCUT2D eigenvalue weighted by Gasteiger charge is -2.61. The zero-order valence-corrected chi connectivity index (χ0v) is 22.2. The number of likely N-dealkylation sites (N-methyl/N-ethyl adjacent to an activating group) is 1. The molecule has 2 aromatic carbocycles. The summed E-state index contributed by atoms with van der Waals surface area (Å²) in [7, 11) is 1.91. The number of phenolic OH excluding ortho intramolecular Hbond substituents is 1. The third-order valence-electron chi connectivity index (χ3n) is 10.1. The minimum absolute atomic E-state index is 0.0183. The SMILES string of the molecule is CN(C(=O)Cc1ccccc1)C1CCC(C(=O)N2CC[C@@]3(C)c4cccc(O)c4C[C@@H]2C3(C)C)CC1. The van der Waals surface area contributed by atoms with E-state index in [-0.39, 0.29) is 40.6 Å². The monoisotopic (exact) mass is 488 g/mol. The van der Waals surface area contributed by atoms with Crippen molar-refractivity contribution in [2.24, 2.45) is 11.3 Å². The van der Waals surface area contributed by atoms with Crippen LogP contribution < -0.4 is 0 Å². The van der Waals surface area contributed by atoms with Crippen molar-refractivity contribution in [1.29, 1.82) is 0 Å². The lowest BCUT2D eigenvalue weighted by atomic mass is 9.51. The Morgan fingerprint density at radius 3 is 2.39 bits per heavy atom. The Morgan fingerprint density at radius 2 is 1.69 bits per heavy atom. The predicted octanol–water partition coefficient (Wildman–Crippen LogP) is 5.09. The molecule has 2 fully saturated rings. The molecule has 36 heavy (non-hydrogen) atoms. The van der Waals surface area contributed by atoms with E-state index in [2.05, 4.69) is 31.7 Å². The van der Waals surface area contributed by atoms with Crippen molar-refractivity contribution < 1.29 is 14.7 Å². The molecule has 2 bridgehead atoms. The van der Waals surface area contributed by atoms with Gasteiger partial charge in [0.15, 0.2) is 0 Å². The second kappa shape index (κ2) is 9.24. The first kappa shape index (κ1) is 24.9. The number of hydrogen-bond acceptors (Lipinski definition) is 3. The summed E-state index contributed by atoms with van der Waals surface area (Å²) in [4.78, 5) is 30.8. The highest BCUT2D eigenvalue weighted by atomic mass is 16.3. The van der Waals surface area contributed by atoms with E-state index in [9.17, 15) is 14.7 Å². The molecule has 1 saturated heterocycles. The zero-order valence-electron chi connectivity index (χ0n) is 22.2. The fourth-order valence-corrected chi connectivity index (χ4v) is 7.23. The first-order valence-electron chi connectivity index (χ1n) is 13.5. The number of benzene rings is 2. The summed E-state index contributed by atoms with van der Waals surface area (Å²) in [6, 6.07) is 16.1. The number of likely N-dealkylation sites (tertiary alicyclic amines) is 1. The molecule has 0 unspecified atom stereocenters. The van der Waals surface area contributed by atoms with Gasteiger partial charge in [0.25, 0.3) is 0 Å². The molecular weight excluding hydrogens is 448 g/mol. The fourth-order valence-electron chi connectivity index (χ4n) is 7.23. The topological polar surface area (TPSA) is 60.9 Å². The molecule has 0 radical (unpaired) electrons. The number of carbonyl (C=O) groups is 2. The summed E-state index contributed by atoms with van der Waals surface area (Å²) in [5.41, 5.74) is 3.16. The Labute approximate surface area is 215 Å². The fraction of sp³-hybridized carbons (Fsp3) is 0.548. The van der Waals surface area contributed by atoms with Gasteiger partial charge in [-0.05, 0) is 66.7 Å². The van der Waals surface area contributed by atoms with E-state index >= 15 is 0 Å². The van der Waals surface area contributed by atoms with Crippen molar-refractivity contribution in [3.63, 3.8) is 0 Å². The number of carbonyl (C=O) groups excluding carboxylic acids is 2. The highest BCUT2D eigenvalue weighted by Gasteiger charge is 2.57. The number of fused-ring (bicyclic) bond motifs is 4. The van der Waals surface area contributed by atoms with E-state index in [0.717, 1.165) is 49.8 Å². The van der Waals surface area contributed by atoms with Crippen LogP contribution in [0.2, 0.25) is 0 Å². The van der Waals surface area contributed by atoms with Crippen molar-refractivity contribution in [3.05, 3.63) is 65.2 Å². The normalized spacial score (nSPS) is 28.8. The van der Waals surface area contributed by atoms with Gasteiger partial charge in [-0.3, -0.25) is 9.59 Å². The average molecular weight is 489 g/mol. The molecule has 3 aliphatic rings. The molecular formula is C31H40N2O3. The van der Waals surface area contributed by atoms with Gasteiger partial charge in [0, 0.05) is 37.0 Å². The molecule has 1 aliphatic heterocycles. The van der Waals surface area contributed by atoms with E-state index in [1.807, 2.05) is 48.3 Å². The number of piperidine rings is 1. The smallest absolute Gasteiger partial charge is 0.226 e. The number of phenols is 1.